The third-order valence-electron chi connectivity index (χ3n) is 4.30. The van der Waals surface area contributed by atoms with E-state index in [1.165, 1.54) is 12.3 Å². The molecule has 0 saturated carbocycles. The van der Waals surface area contributed by atoms with Crippen LogP contribution in [0.1, 0.15) is 21.7 Å². The Labute approximate surface area is 174 Å². The Morgan fingerprint density at radius 3 is 2.17 bits per heavy atom. The summed E-state index contributed by atoms with van der Waals surface area (Å²) in [6.45, 7) is -0.104. The monoisotopic (exact) mass is 406 g/mol. The third kappa shape index (κ3) is 6.34. The first-order valence-electron chi connectivity index (χ1n) is 9.47. The molecule has 2 N–H and O–H groups in total. The van der Waals surface area contributed by atoms with Crippen molar-refractivity contribution in [3.8, 4) is 0 Å². The van der Waals surface area contributed by atoms with E-state index in [2.05, 4.69) is 10.6 Å². The smallest absolute Gasteiger partial charge is 0.329 e. The number of hydrogen-bond donors (Lipinski definition) is 2. The highest BCUT2D eigenvalue weighted by Crippen LogP contribution is 2.07. The van der Waals surface area contributed by atoms with Gasteiger partial charge in [0.1, 0.15) is 6.04 Å². The predicted molar refractivity (Wildman–Crippen MR) is 109 cm³/mol. The summed E-state index contributed by atoms with van der Waals surface area (Å²) < 4.78 is 10.2. The maximum atomic E-state index is 12.6. The van der Waals surface area contributed by atoms with Crippen LogP contribution in [-0.2, 0) is 27.3 Å². The molecule has 0 saturated heterocycles. The van der Waals surface area contributed by atoms with Gasteiger partial charge in [0.05, 0.1) is 6.26 Å². The number of benzene rings is 2. The van der Waals surface area contributed by atoms with Crippen LogP contribution in [0.3, 0.4) is 0 Å². The van der Waals surface area contributed by atoms with Crippen LogP contribution in [0.2, 0.25) is 0 Å². The number of nitrogens with one attached hydrogen (secondary N) is 2. The average molecular weight is 406 g/mol. The predicted octanol–water partition coefficient (Wildman–Crippen LogP) is 2.48. The van der Waals surface area contributed by atoms with Gasteiger partial charge in [-0.1, -0.05) is 60.7 Å². The number of amides is 2. The minimum absolute atomic E-state index is 0.0847. The maximum Gasteiger partial charge on any atom is 0.329 e. The lowest BCUT2D eigenvalue weighted by Gasteiger charge is -2.17. The summed E-state index contributed by atoms with van der Waals surface area (Å²) >= 11 is 0. The van der Waals surface area contributed by atoms with Crippen LogP contribution in [-0.4, -0.2) is 30.4 Å². The first-order chi connectivity index (χ1) is 14.6. The normalized spacial score (nSPS) is 11.3. The van der Waals surface area contributed by atoms with Gasteiger partial charge in [-0.25, -0.2) is 4.79 Å². The fourth-order valence-corrected chi connectivity index (χ4v) is 2.77. The molecule has 0 unspecified atom stereocenters. The Kier molecular flexibility index (Phi) is 7.38. The summed E-state index contributed by atoms with van der Waals surface area (Å²) in [4.78, 5) is 36.9. The molecular weight excluding hydrogens is 384 g/mol. The summed E-state index contributed by atoms with van der Waals surface area (Å²) in [5.74, 6) is -1.58. The van der Waals surface area contributed by atoms with Gasteiger partial charge in [0, 0.05) is 13.0 Å². The SMILES string of the molecule is O=C(COC(=O)[C@@H](Cc1ccccc1)NC(=O)c1ccco1)NCc1ccccc1. The van der Waals surface area contributed by atoms with Crippen molar-refractivity contribution in [2.75, 3.05) is 6.61 Å². The molecule has 0 aliphatic carbocycles. The van der Waals surface area contributed by atoms with Crippen molar-refractivity contribution in [2.24, 2.45) is 0 Å². The van der Waals surface area contributed by atoms with E-state index < -0.39 is 30.4 Å². The maximum absolute atomic E-state index is 12.6. The molecule has 30 heavy (non-hydrogen) atoms. The fraction of sp³-hybridized carbons (Fsp3) is 0.174. The molecule has 0 bridgehead atoms. The van der Waals surface area contributed by atoms with Crippen LogP contribution in [0, 0.1) is 0 Å². The van der Waals surface area contributed by atoms with Gasteiger partial charge >= 0.3 is 5.97 Å². The molecule has 2 amide bonds. The highest BCUT2D eigenvalue weighted by atomic mass is 16.5. The van der Waals surface area contributed by atoms with Gasteiger partial charge in [-0.3, -0.25) is 9.59 Å². The molecule has 0 aliphatic rings. The van der Waals surface area contributed by atoms with Gasteiger partial charge in [0.15, 0.2) is 12.4 Å². The number of furan rings is 1. The van der Waals surface area contributed by atoms with E-state index in [4.69, 9.17) is 9.15 Å². The number of ether oxygens (including phenoxy) is 1. The Bertz CT molecular complexity index is 956. The highest BCUT2D eigenvalue weighted by molar-refractivity contribution is 5.94. The second kappa shape index (κ2) is 10.6. The molecule has 3 aromatic rings. The molecule has 1 heterocycles. The molecule has 7 nitrogen and oxygen atoms in total. The summed E-state index contributed by atoms with van der Waals surface area (Å²) in [7, 11) is 0. The van der Waals surface area contributed by atoms with E-state index in [1.54, 1.807) is 6.07 Å². The van der Waals surface area contributed by atoms with Crippen molar-refractivity contribution in [3.63, 3.8) is 0 Å². The van der Waals surface area contributed by atoms with E-state index in [9.17, 15) is 14.4 Å². The number of hydrogen-bond acceptors (Lipinski definition) is 5. The zero-order valence-corrected chi connectivity index (χ0v) is 16.2. The largest absolute Gasteiger partial charge is 0.459 e. The first-order valence-corrected chi connectivity index (χ1v) is 9.47. The van der Waals surface area contributed by atoms with Gasteiger partial charge in [-0.15, -0.1) is 0 Å². The minimum atomic E-state index is -0.966. The molecule has 0 radical (unpaired) electrons. The number of carbonyl (C=O) groups is 3. The summed E-state index contributed by atoms with van der Waals surface area (Å²) in [5, 5.41) is 5.30. The molecule has 3 rings (SSSR count). The molecule has 1 aromatic heterocycles. The van der Waals surface area contributed by atoms with Crippen molar-refractivity contribution < 1.29 is 23.5 Å². The summed E-state index contributed by atoms with van der Waals surface area (Å²) in [6, 6.07) is 20.7. The van der Waals surface area contributed by atoms with Gasteiger partial charge in [-0.05, 0) is 23.3 Å². The van der Waals surface area contributed by atoms with Gasteiger partial charge < -0.3 is 19.8 Å². The molecule has 1 atom stereocenters. The topological polar surface area (TPSA) is 97.6 Å². The number of rotatable bonds is 9. The van der Waals surface area contributed by atoms with Crippen LogP contribution in [0.4, 0.5) is 0 Å². The molecule has 2 aromatic carbocycles. The van der Waals surface area contributed by atoms with Crippen molar-refractivity contribution in [2.45, 2.75) is 19.0 Å². The van der Waals surface area contributed by atoms with E-state index in [-0.39, 0.29) is 12.2 Å². The highest BCUT2D eigenvalue weighted by Gasteiger charge is 2.25. The number of carbonyl (C=O) groups excluding carboxylic acids is 3. The van der Waals surface area contributed by atoms with Crippen LogP contribution in [0.15, 0.2) is 83.5 Å². The van der Waals surface area contributed by atoms with Crippen LogP contribution in [0.5, 0.6) is 0 Å². The standard InChI is InChI=1S/C23H22N2O5/c26-21(24-15-18-10-5-2-6-11-18)16-30-23(28)19(14-17-8-3-1-4-9-17)25-22(27)20-12-7-13-29-20/h1-13,19H,14-16H2,(H,24,26)(H,25,27)/t19-/m1/s1. The Morgan fingerprint density at radius 2 is 1.53 bits per heavy atom. The minimum Gasteiger partial charge on any atom is -0.459 e. The van der Waals surface area contributed by atoms with Crippen LogP contribution >= 0.6 is 0 Å². The van der Waals surface area contributed by atoms with E-state index >= 15 is 0 Å². The summed E-state index contributed by atoms with van der Waals surface area (Å²) in [6.07, 6.45) is 1.59. The third-order valence-corrected chi connectivity index (χ3v) is 4.30. The second-order valence-corrected chi connectivity index (χ2v) is 6.56. The van der Waals surface area contributed by atoms with E-state index in [0.29, 0.717) is 6.54 Å². The zero-order valence-electron chi connectivity index (χ0n) is 16.2. The number of esters is 1. The first kappa shape index (κ1) is 20.9. The molecule has 0 fully saturated rings. The van der Waals surface area contributed by atoms with Crippen molar-refractivity contribution in [3.05, 3.63) is 95.9 Å². The molecular formula is C23H22N2O5. The Morgan fingerprint density at radius 1 is 0.867 bits per heavy atom. The Hall–Kier alpha value is -3.87. The van der Waals surface area contributed by atoms with Crippen LogP contribution in [0.25, 0.3) is 0 Å². The fourth-order valence-electron chi connectivity index (χ4n) is 2.77. The second-order valence-electron chi connectivity index (χ2n) is 6.56. The van der Waals surface area contributed by atoms with E-state index in [1.807, 2.05) is 60.7 Å². The van der Waals surface area contributed by atoms with Crippen molar-refractivity contribution in [1.29, 1.82) is 0 Å². The molecule has 7 heteroatoms. The molecule has 0 spiro atoms. The van der Waals surface area contributed by atoms with Crippen LogP contribution < -0.4 is 10.6 Å². The lowest BCUT2D eigenvalue weighted by atomic mass is 10.1. The average Bonchev–Trinajstić information content (AvgIpc) is 3.32. The lowest BCUT2D eigenvalue weighted by molar-refractivity contribution is -0.150. The Balaban J connectivity index is 1.56. The van der Waals surface area contributed by atoms with Gasteiger partial charge in [0.2, 0.25) is 0 Å². The van der Waals surface area contributed by atoms with Crippen molar-refractivity contribution in [1.82, 2.24) is 10.6 Å². The molecule has 154 valence electrons. The van der Waals surface area contributed by atoms with Gasteiger partial charge in [0.25, 0.3) is 11.8 Å². The molecule has 0 aliphatic heterocycles. The van der Waals surface area contributed by atoms with E-state index in [0.717, 1.165) is 11.1 Å². The van der Waals surface area contributed by atoms with Gasteiger partial charge in [-0.2, -0.15) is 0 Å². The lowest BCUT2D eigenvalue weighted by Crippen LogP contribution is -2.44. The van der Waals surface area contributed by atoms with Crippen molar-refractivity contribution >= 4 is 17.8 Å². The zero-order chi connectivity index (χ0) is 21.2. The summed E-state index contributed by atoms with van der Waals surface area (Å²) in [5.41, 5.74) is 1.78. The quantitative estimate of drug-likeness (QED) is 0.532.